The van der Waals surface area contributed by atoms with Gasteiger partial charge in [-0.2, -0.15) is 0 Å². The normalized spacial score (nSPS) is 16.2. The van der Waals surface area contributed by atoms with Gasteiger partial charge in [0, 0.05) is 19.5 Å². The van der Waals surface area contributed by atoms with Crippen LogP contribution in [0.5, 0.6) is 0 Å². The minimum Gasteiger partial charge on any atom is -0.468 e. The molecule has 0 aliphatic carbocycles. The average Bonchev–Trinajstić information content (AvgIpc) is 3.36. The second-order valence-electron chi connectivity index (χ2n) is 20.1. The Morgan fingerprint density at radius 1 is 0.600 bits per heavy atom. The van der Waals surface area contributed by atoms with Crippen molar-refractivity contribution in [3.63, 3.8) is 0 Å². The number of amides is 10. The SMILES string of the molecule is CCC(C)C(NC(=O)C(NC(=O)C(CCC(C)C)NC(=O)C(C)NC(=O)C(CCCC=CC(=O)OC)NC(=O)CNC(=O)C1CCCCN1C(=O)CNC(=O)C(CC(C)C)NC(C)=O)C(C)C)C(=O)NCC(=O)OC. The lowest BCUT2D eigenvalue weighted by Crippen LogP contribution is -2.60. The van der Waals surface area contributed by atoms with Crippen molar-refractivity contribution < 1.29 is 67.0 Å². The highest BCUT2D eigenvalue weighted by atomic mass is 16.5. The van der Waals surface area contributed by atoms with Crippen LogP contribution in [0.4, 0.5) is 0 Å². The monoisotopic (exact) mass is 1060 g/mol. The standard InChI is InChI=1S/C51H86N10O14/c1-13-32(8)44(50(72)54-28-42(66)75-12)60-51(73)43(31(6)7)59-48(70)36(23-22-29(2)3)58-45(67)33(9)55-47(69)35(19-15-14-16-21-41(65)74-11)57-39(63)26-52-49(71)38-20-17-18-24-61(38)40(64)27-53-46(68)37(25-30(4)5)56-34(10)62/h16,21,29-33,35-38,43-44H,13-15,17-20,22-28H2,1-12H3,(H,52,71)(H,53,68)(H,54,72)(H,55,69)(H,56,62)(H,57,63)(H,58,67)(H,59,70)(H,60,73). The maximum Gasteiger partial charge on any atom is 0.330 e. The van der Waals surface area contributed by atoms with Crippen molar-refractivity contribution in [1.82, 2.24) is 52.8 Å². The lowest BCUT2D eigenvalue weighted by atomic mass is 9.96. The molecule has 0 aromatic heterocycles. The molecule has 8 atom stereocenters. The fraction of sp³-hybridized carbons (Fsp3) is 0.725. The van der Waals surface area contributed by atoms with Crippen LogP contribution in [0.25, 0.3) is 0 Å². The number of likely N-dealkylation sites (tertiary alicyclic amines) is 1. The third kappa shape index (κ3) is 25.5. The Hall–Kier alpha value is -6.62. The van der Waals surface area contributed by atoms with Crippen molar-refractivity contribution in [2.24, 2.45) is 23.7 Å². The zero-order valence-corrected chi connectivity index (χ0v) is 46.1. The van der Waals surface area contributed by atoms with E-state index in [1.807, 2.05) is 34.6 Å². The number of methoxy groups -OCH3 is 2. The van der Waals surface area contributed by atoms with E-state index in [0.717, 1.165) is 0 Å². The molecule has 0 aromatic carbocycles. The number of hydrogen-bond donors (Lipinski definition) is 9. The fourth-order valence-electron chi connectivity index (χ4n) is 7.85. The van der Waals surface area contributed by atoms with Crippen LogP contribution in [-0.4, -0.2) is 159 Å². The van der Waals surface area contributed by atoms with E-state index in [-0.39, 0.29) is 50.0 Å². The first-order chi connectivity index (χ1) is 35.3. The van der Waals surface area contributed by atoms with Crippen LogP contribution in [0.1, 0.15) is 133 Å². The quantitative estimate of drug-likeness (QED) is 0.0242. The molecule has 1 aliphatic rings. The first kappa shape index (κ1) is 66.4. The smallest absolute Gasteiger partial charge is 0.330 e. The average molecular weight is 1060 g/mol. The van der Waals surface area contributed by atoms with Gasteiger partial charge in [-0.05, 0) is 88.4 Å². The predicted octanol–water partition coefficient (Wildman–Crippen LogP) is -0.0784. The summed E-state index contributed by atoms with van der Waals surface area (Å²) < 4.78 is 9.21. The molecule has 0 radical (unpaired) electrons. The summed E-state index contributed by atoms with van der Waals surface area (Å²) in [5.74, 6) is -8.34. The number of piperidine rings is 1. The van der Waals surface area contributed by atoms with Crippen LogP contribution < -0.4 is 47.9 Å². The number of unbranched alkanes of at least 4 members (excludes halogenated alkanes) is 1. The largest absolute Gasteiger partial charge is 0.468 e. The first-order valence-electron chi connectivity index (χ1n) is 26.0. The van der Waals surface area contributed by atoms with Crippen LogP contribution >= 0.6 is 0 Å². The number of hydrogen-bond acceptors (Lipinski definition) is 14. The Bertz CT molecular complexity index is 2000. The van der Waals surface area contributed by atoms with Gasteiger partial charge in [-0.15, -0.1) is 0 Å². The topological polar surface area (TPSA) is 335 Å². The Kier molecular flexibility index (Phi) is 30.8. The molecule has 1 rings (SSSR count). The highest BCUT2D eigenvalue weighted by Crippen LogP contribution is 2.18. The summed E-state index contributed by atoms with van der Waals surface area (Å²) in [5, 5.41) is 23.4. The summed E-state index contributed by atoms with van der Waals surface area (Å²) in [7, 11) is 2.39. The number of ether oxygens (including phenoxy) is 2. The van der Waals surface area contributed by atoms with Crippen molar-refractivity contribution >= 4 is 71.0 Å². The van der Waals surface area contributed by atoms with Gasteiger partial charge in [-0.3, -0.25) is 52.7 Å². The molecule has 0 saturated carbocycles. The molecule has 10 amide bonds. The van der Waals surface area contributed by atoms with Gasteiger partial charge in [-0.25, -0.2) is 4.79 Å². The number of nitrogens with one attached hydrogen (secondary N) is 9. The molecule has 424 valence electrons. The maximum atomic E-state index is 14.0. The fourth-order valence-corrected chi connectivity index (χ4v) is 7.85. The number of rotatable bonds is 32. The molecule has 1 heterocycles. The lowest BCUT2D eigenvalue weighted by molar-refractivity contribution is -0.143. The van der Waals surface area contributed by atoms with Gasteiger partial charge >= 0.3 is 11.9 Å². The molecule has 1 fully saturated rings. The minimum absolute atomic E-state index is 0.0187. The third-order valence-electron chi connectivity index (χ3n) is 12.4. The molecule has 0 aromatic rings. The van der Waals surface area contributed by atoms with E-state index in [9.17, 15) is 57.5 Å². The summed E-state index contributed by atoms with van der Waals surface area (Å²) in [6.45, 7) is 16.0. The van der Waals surface area contributed by atoms with E-state index >= 15 is 0 Å². The summed E-state index contributed by atoms with van der Waals surface area (Å²) in [6, 6.07) is -7.71. The van der Waals surface area contributed by atoms with E-state index in [2.05, 4.69) is 57.3 Å². The molecular weight excluding hydrogens is 977 g/mol. The van der Waals surface area contributed by atoms with Gasteiger partial charge in [-0.1, -0.05) is 67.9 Å². The molecule has 9 N–H and O–H groups in total. The molecule has 75 heavy (non-hydrogen) atoms. The second-order valence-corrected chi connectivity index (χ2v) is 20.1. The van der Waals surface area contributed by atoms with Crippen molar-refractivity contribution in [3.8, 4) is 0 Å². The molecule has 8 unspecified atom stereocenters. The highest BCUT2D eigenvalue weighted by Gasteiger charge is 2.36. The van der Waals surface area contributed by atoms with Gasteiger partial charge in [0.05, 0.1) is 27.3 Å². The van der Waals surface area contributed by atoms with Gasteiger partial charge in [0.1, 0.15) is 48.8 Å². The van der Waals surface area contributed by atoms with Crippen LogP contribution in [-0.2, 0) is 67.0 Å². The molecule has 0 bridgehead atoms. The van der Waals surface area contributed by atoms with Crippen LogP contribution in [0.2, 0.25) is 0 Å². The zero-order valence-electron chi connectivity index (χ0n) is 46.1. The molecule has 0 spiro atoms. The van der Waals surface area contributed by atoms with Crippen LogP contribution in [0.3, 0.4) is 0 Å². The summed E-state index contributed by atoms with van der Waals surface area (Å²) in [6.07, 6.45) is 6.28. The van der Waals surface area contributed by atoms with E-state index < -0.39 is 139 Å². The van der Waals surface area contributed by atoms with E-state index in [1.165, 1.54) is 45.1 Å². The van der Waals surface area contributed by atoms with Gasteiger partial charge in [0.2, 0.25) is 59.1 Å². The molecule has 24 heteroatoms. The Balaban J connectivity index is 3.20. The van der Waals surface area contributed by atoms with Crippen molar-refractivity contribution in [1.29, 1.82) is 0 Å². The maximum absolute atomic E-state index is 14.0. The van der Waals surface area contributed by atoms with E-state index in [4.69, 9.17) is 0 Å². The van der Waals surface area contributed by atoms with E-state index in [0.29, 0.717) is 38.5 Å². The number of carbonyl (C=O) groups is 12. The first-order valence-corrected chi connectivity index (χ1v) is 26.0. The zero-order chi connectivity index (χ0) is 56.9. The van der Waals surface area contributed by atoms with E-state index in [1.54, 1.807) is 20.8 Å². The predicted molar refractivity (Wildman–Crippen MR) is 276 cm³/mol. The lowest BCUT2D eigenvalue weighted by Gasteiger charge is -2.35. The molecule has 24 nitrogen and oxygen atoms in total. The van der Waals surface area contributed by atoms with Crippen LogP contribution in [0.15, 0.2) is 12.2 Å². The Morgan fingerprint density at radius 2 is 1.23 bits per heavy atom. The molecular formula is C51H86N10O14. The summed E-state index contributed by atoms with van der Waals surface area (Å²) in [4.78, 5) is 158. The van der Waals surface area contributed by atoms with Gasteiger partial charge in [0.25, 0.3) is 0 Å². The second kappa shape index (κ2) is 34.8. The van der Waals surface area contributed by atoms with Gasteiger partial charge < -0.3 is 62.2 Å². The molecule has 1 saturated heterocycles. The number of allylic oxidation sites excluding steroid dienone is 1. The highest BCUT2D eigenvalue weighted by molar-refractivity contribution is 5.98. The number of esters is 2. The van der Waals surface area contributed by atoms with Gasteiger partial charge in [0.15, 0.2) is 0 Å². The van der Waals surface area contributed by atoms with Crippen LogP contribution in [0, 0.1) is 23.7 Å². The summed E-state index contributed by atoms with van der Waals surface area (Å²) >= 11 is 0. The van der Waals surface area contributed by atoms with Crippen molar-refractivity contribution in [2.45, 2.75) is 176 Å². The van der Waals surface area contributed by atoms with Crippen molar-refractivity contribution in [2.75, 3.05) is 40.4 Å². The van der Waals surface area contributed by atoms with Crippen molar-refractivity contribution in [3.05, 3.63) is 12.2 Å². The summed E-state index contributed by atoms with van der Waals surface area (Å²) in [5.41, 5.74) is 0. The Morgan fingerprint density at radius 3 is 1.81 bits per heavy atom. The number of nitrogens with zero attached hydrogens (tertiary/aromatic N) is 1. The Labute approximate surface area is 441 Å². The number of carbonyl (C=O) groups excluding carboxylic acids is 12. The minimum atomic E-state index is -1.26. The molecule has 1 aliphatic heterocycles. The third-order valence-corrected chi connectivity index (χ3v) is 12.4.